The van der Waals surface area contributed by atoms with E-state index in [-0.39, 0.29) is 5.91 Å². The van der Waals surface area contributed by atoms with Crippen molar-refractivity contribution in [2.45, 2.75) is 20.8 Å². The Morgan fingerprint density at radius 2 is 2.10 bits per heavy atom. The van der Waals surface area contributed by atoms with Gasteiger partial charge >= 0.3 is 0 Å². The van der Waals surface area contributed by atoms with Gasteiger partial charge in [0.1, 0.15) is 0 Å². The van der Waals surface area contributed by atoms with E-state index in [2.05, 4.69) is 0 Å². The van der Waals surface area contributed by atoms with Crippen LogP contribution in [-0.4, -0.2) is 23.9 Å². The molecule has 0 saturated carbocycles. The number of rotatable bonds is 1. The van der Waals surface area contributed by atoms with Crippen LogP contribution in [-0.2, 0) is 4.79 Å². The minimum Gasteiger partial charge on any atom is -0.335 e. The molecule has 0 atom stereocenters. The van der Waals surface area contributed by atoms with E-state index in [0.717, 1.165) is 18.7 Å². The lowest BCUT2D eigenvalue weighted by Gasteiger charge is -2.12. The second-order valence-electron chi connectivity index (χ2n) is 2.72. The fourth-order valence-electron chi connectivity index (χ4n) is 1.15. The van der Waals surface area contributed by atoms with Crippen molar-refractivity contribution >= 4 is 5.91 Å². The Hall–Kier alpha value is -0.790. The van der Waals surface area contributed by atoms with Crippen LogP contribution in [0.5, 0.6) is 0 Å². The fourth-order valence-corrected chi connectivity index (χ4v) is 1.15. The van der Waals surface area contributed by atoms with Crippen molar-refractivity contribution in [1.29, 1.82) is 0 Å². The van der Waals surface area contributed by atoms with Crippen LogP contribution in [0.15, 0.2) is 11.1 Å². The molecule has 0 spiro atoms. The molecule has 1 amide bonds. The van der Waals surface area contributed by atoms with Crippen molar-refractivity contribution < 1.29 is 4.79 Å². The van der Waals surface area contributed by atoms with E-state index >= 15 is 0 Å². The van der Waals surface area contributed by atoms with Crippen LogP contribution in [0.1, 0.15) is 20.8 Å². The van der Waals surface area contributed by atoms with E-state index in [4.69, 9.17) is 0 Å². The monoisotopic (exact) mass is 139 g/mol. The Balaban J connectivity index is 2.77. The molecule has 0 fully saturated rings. The Bertz CT molecular complexity index is 193. The number of hydrogen-bond acceptors (Lipinski definition) is 1. The predicted octanol–water partition coefficient (Wildman–Crippen LogP) is 1.18. The summed E-state index contributed by atoms with van der Waals surface area (Å²) < 4.78 is 0. The first-order chi connectivity index (χ1) is 4.66. The molecule has 0 saturated heterocycles. The summed E-state index contributed by atoms with van der Waals surface area (Å²) >= 11 is 0. The molecule has 0 N–H and O–H groups in total. The van der Waals surface area contributed by atoms with Gasteiger partial charge in [0.2, 0.25) is 5.91 Å². The van der Waals surface area contributed by atoms with Gasteiger partial charge in [-0.25, -0.2) is 0 Å². The molecule has 2 nitrogen and oxygen atoms in total. The molecule has 1 aliphatic heterocycles. The average molecular weight is 139 g/mol. The lowest BCUT2D eigenvalue weighted by Crippen LogP contribution is -2.26. The molecule has 2 heteroatoms. The molecule has 0 aromatic heterocycles. The lowest BCUT2D eigenvalue weighted by molar-refractivity contribution is -0.125. The summed E-state index contributed by atoms with van der Waals surface area (Å²) in [5.41, 5.74) is 2.15. The Morgan fingerprint density at radius 1 is 1.50 bits per heavy atom. The molecule has 0 aromatic rings. The van der Waals surface area contributed by atoms with Crippen molar-refractivity contribution in [3.63, 3.8) is 0 Å². The standard InChI is InChI=1S/C8H13NO/c1-4-9-5-6(2)7(3)8(9)10/h4-5H2,1-3H3. The van der Waals surface area contributed by atoms with Gasteiger partial charge in [-0.15, -0.1) is 0 Å². The summed E-state index contributed by atoms with van der Waals surface area (Å²) in [7, 11) is 0. The topological polar surface area (TPSA) is 20.3 Å². The number of hydrogen-bond donors (Lipinski definition) is 0. The van der Waals surface area contributed by atoms with Gasteiger partial charge in [0.05, 0.1) is 0 Å². The van der Waals surface area contributed by atoms with E-state index in [1.54, 1.807) is 0 Å². The third-order valence-corrected chi connectivity index (χ3v) is 2.06. The maximum atomic E-state index is 11.2. The molecule has 56 valence electrons. The molecule has 1 rings (SSSR count). The second-order valence-corrected chi connectivity index (χ2v) is 2.72. The summed E-state index contributed by atoms with van der Waals surface area (Å²) in [6.07, 6.45) is 0. The normalized spacial score (nSPS) is 19.1. The fraction of sp³-hybridized carbons (Fsp3) is 0.625. The summed E-state index contributed by atoms with van der Waals surface area (Å²) in [5.74, 6) is 0.208. The third-order valence-electron chi connectivity index (χ3n) is 2.06. The molecule has 10 heavy (non-hydrogen) atoms. The maximum Gasteiger partial charge on any atom is 0.249 e. The third kappa shape index (κ3) is 0.939. The van der Waals surface area contributed by atoms with Gasteiger partial charge in [0, 0.05) is 18.7 Å². The minimum atomic E-state index is 0.208. The van der Waals surface area contributed by atoms with Crippen molar-refractivity contribution in [2.24, 2.45) is 0 Å². The van der Waals surface area contributed by atoms with Gasteiger partial charge in [-0.05, 0) is 26.3 Å². The number of nitrogens with zero attached hydrogens (tertiary/aromatic N) is 1. The van der Waals surface area contributed by atoms with Crippen molar-refractivity contribution in [1.82, 2.24) is 4.90 Å². The molecule has 1 aliphatic rings. The Morgan fingerprint density at radius 3 is 2.30 bits per heavy atom. The SMILES string of the molecule is CCN1CC(C)=C(C)C1=O. The summed E-state index contributed by atoms with van der Waals surface area (Å²) in [6, 6.07) is 0. The highest BCUT2D eigenvalue weighted by Gasteiger charge is 2.22. The average Bonchev–Trinajstić information content (AvgIpc) is 2.17. The number of likely N-dealkylation sites (N-methyl/N-ethyl adjacent to an activating group) is 1. The van der Waals surface area contributed by atoms with Crippen molar-refractivity contribution in [3.05, 3.63) is 11.1 Å². The van der Waals surface area contributed by atoms with Crippen LogP contribution in [0.25, 0.3) is 0 Å². The molecule has 0 bridgehead atoms. The van der Waals surface area contributed by atoms with Crippen LogP contribution in [0.2, 0.25) is 0 Å². The lowest BCUT2D eigenvalue weighted by atomic mass is 10.2. The summed E-state index contributed by atoms with van der Waals surface area (Å²) in [6.45, 7) is 7.58. The maximum absolute atomic E-state index is 11.2. The van der Waals surface area contributed by atoms with Crippen LogP contribution in [0.4, 0.5) is 0 Å². The summed E-state index contributed by atoms with van der Waals surface area (Å²) in [4.78, 5) is 13.1. The second kappa shape index (κ2) is 2.45. The zero-order valence-electron chi connectivity index (χ0n) is 6.77. The predicted molar refractivity (Wildman–Crippen MR) is 40.6 cm³/mol. The van der Waals surface area contributed by atoms with Gasteiger partial charge in [-0.1, -0.05) is 0 Å². The highest BCUT2D eigenvalue weighted by atomic mass is 16.2. The molecule has 0 unspecified atom stereocenters. The quantitative estimate of drug-likeness (QED) is 0.534. The first-order valence-electron chi connectivity index (χ1n) is 3.62. The largest absolute Gasteiger partial charge is 0.335 e. The van der Waals surface area contributed by atoms with E-state index < -0.39 is 0 Å². The zero-order valence-corrected chi connectivity index (χ0v) is 6.77. The molecular formula is C8H13NO. The van der Waals surface area contributed by atoms with Gasteiger partial charge in [0.15, 0.2) is 0 Å². The van der Waals surface area contributed by atoms with Gasteiger partial charge in [-0.2, -0.15) is 0 Å². The van der Waals surface area contributed by atoms with Crippen LogP contribution >= 0.6 is 0 Å². The molecule has 1 heterocycles. The minimum absolute atomic E-state index is 0.208. The van der Waals surface area contributed by atoms with E-state index in [1.165, 1.54) is 5.57 Å². The highest BCUT2D eigenvalue weighted by molar-refractivity contribution is 5.96. The molecule has 0 radical (unpaired) electrons. The van der Waals surface area contributed by atoms with Crippen LogP contribution in [0, 0.1) is 0 Å². The van der Waals surface area contributed by atoms with E-state index in [1.807, 2.05) is 25.7 Å². The molecular weight excluding hydrogens is 126 g/mol. The zero-order chi connectivity index (χ0) is 7.72. The number of carbonyl (C=O) groups is 1. The first kappa shape index (κ1) is 7.32. The van der Waals surface area contributed by atoms with Crippen molar-refractivity contribution in [3.8, 4) is 0 Å². The van der Waals surface area contributed by atoms with Gasteiger partial charge in [0.25, 0.3) is 0 Å². The Kier molecular flexibility index (Phi) is 1.79. The molecule has 0 aromatic carbocycles. The number of carbonyl (C=O) groups excluding carboxylic acids is 1. The smallest absolute Gasteiger partial charge is 0.249 e. The van der Waals surface area contributed by atoms with E-state index in [0.29, 0.717) is 0 Å². The summed E-state index contributed by atoms with van der Waals surface area (Å²) in [5, 5.41) is 0. The molecule has 0 aliphatic carbocycles. The number of amides is 1. The highest BCUT2D eigenvalue weighted by Crippen LogP contribution is 2.16. The first-order valence-corrected chi connectivity index (χ1v) is 3.62. The van der Waals surface area contributed by atoms with Gasteiger partial charge in [-0.3, -0.25) is 4.79 Å². The van der Waals surface area contributed by atoms with Gasteiger partial charge < -0.3 is 4.90 Å². The van der Waals surface area contributed by atoms with Crippen LogP contribution < -0.4 is 0 Å². The van der Waals surface area contributed by atoms with Crippen molar-refractivity contribution in [2.75, 3.05) is 13.1 Å². The van der Waals surface area contributed by atoms with Crippen LogP contribution in [0.3, 0.4) is 0 Å². The van der Waals surface area contributed by atoms with E-state index in [9.17, 15) is 4.79 Å². The Labute approximate surface area is 61.5 Å².